The molecule has 2 unspecified atom stereocenters. The molecule has 0 bridgehead atoms. The highest BCUT2D eigenvalue weighted by Crippen LogP contribution is 2.29. The summed E-state index contributed by atoms with van der Waals surface area (Å²) in [5.41, 5.74) is 7.89. The number of ether oxygens (including phenoxy) is 1. The van der Waals surface area contributed by atoms with Crippen LogP contribution in [0, 0.1) is 0 Å². The van der Waals surface area contributed by atoms with Crippen molar-refractivity contribution in [3.8, 4) is 5.75 Å². The Morgan fingerprint density at radius 2 is 1.95 bits per heavy atom. The van der Waals surface area contributed by atoms with Crippen molar-refractivity contribution in [3.05, 3.63) is 64.1 Å². The van der Waals surface area contributed by atoms with E-state index in [1.54, 1.807) is 0 Å². The minimum atomic E-state index is -0.250. The average Bonchev–Trinajstić information content (AvgIpc) is 2.45. The lowest BCUT2D eigenvalue weighted by Gasteiger charge is -2.24. The first-order valence-corrected chi connectivity index (χ1v) is 7.27. The second-order valence-electron chi connectivity index (χ2n) is 4.72. The number of aliphatic hydroxyl groups excluding tert-OH is 1. The minimum absolute atomic E-state index is 0.00488. The summed E-state index contributed by atoms with van der Waals surface area (Å²) in [5.74, 6) is 0.703. The van der Waals surface area contributed by atoms with E-state index in [9.17, 15) is 5.11 Å². The zero-order valence-corrected chi connectivity index (χ0v) is 12.9. The summed E-state index contributed by atoms with van der Waals surface area (Å²) in [7, 11) is 0. The molecule has 2 atom stereocenters. The molecule has 106 valence electrons. The topological polar surface area (TPSA) is 55.5 Å². The Kier molecular flexibility index (Phi) is 5.17. The number of hydrogen-bond donors (Lipinski definition) is 2. The summed E-state index contributed by atoms with van der Waals surface area (Å²) in [5, 5.41) is 9.18. The van der Waals surface area contributed by atoms with Crippen LogP contribution in [-0.4, -0.2) is 11.1 Å². The maximum absolute atomic E-state index is 9.18. The van der Waals surface area contributed by atoms with Crippen LogP contribution in [0.1, 0.15) is 24.2 Å². The molecule has 0 aliphatic heterocycles. The van der Waals surface area contributed by atoms with Crippen LogP contribution in [0.3, 0.4) is 0 Å². The fourth-order valence-electron chi connectivity index (χ4n) is 2.02. The molecule has 0 aromatic heterocycles. The van der Waals surface area contributed by atoms with E-state index in [0.29, 0.717) is 5.75 Å². The van der Waals surface area contributed by atoms with Gasteiger partial charge in [-0.25, -0.2) is 0 Å². The van der Waals surface area contributed by atoms with Gasteiger partial charge in [0, 0.05) is 16.1 Å². The first kappa shape index (κ1) is 15.0. The Hall–Kier alpha value is -1.36. The van der Waals surface area contributed by atoms with Crippen LogP contribution < -0.4 is 10.5 Å². The molecule has 0 aliphatic carbocycles. The maximum atomic E-state index is 9.18. The standard InChI is InChI=1S/C16H18BrNO2/c1-11(18)16(14-7-2-3-8-15(14)17)20-13-6-4-5-12(9-13)10-19/h2-9,11,16,19H,10,18H2,1H3. The molecular formula is C16H18BrNO2. The van der Waals surface area contributed by atoms with Gasteiger partial charge < -0.3 is 15.6 Å². The molecule has 20 heavy (non-hydrogen) atoms. The predicted octanol–water partition coefficient (Wildman–Crippen LogP) is 3.41. The summed E-state index contributed by atoms with van der Waals surface area (Å²) >= 11 is 3.53. The molecular weight excluding hydrogens is 318 g/mol. The molecule has 2 rings (SSSR count). The number of rotatable bonds is 5. The van der Waals surface area contributed by atoms with Crippen LogP contribution in [0.2, 0.25) is 0 Å². The van der Waals surface area contributed by atoms with Crippen molar-refractivity contribution in [1.82, 2.24) is 0 Å². The van der Waals surface area contributed by atoms with Gasteiger partial charge in [0.15, 0.2) is 0 Å². The maximum Gasteiger partial charge on any atom is 0.140 e. The van der Waals surface area contributed by atoms with Gasteiger partial charge in [0.1, 0.15) is 11.9 Å². The summed E-state index contributed by atoms with van der Waals surface area (Å²) in [6, 6.07) is 15.1. The number of halogens is 1. The molecule has 2 aromatic rings. The van der Waals surface area contributed by atoms with E-state index >= 15 is 0 Å². The van der Waals surface area contributed by atoms with Crippen molar-refractivity contribution < 1.29 is 9.84 Å². The normalized spacial score (nSPS) is 13.8. The van der Waals surface area contributed by atoms with Crippen LogP contribution in [0.15, 0.2) is 53.0 Å². The summed E-state index contributed by atoms with van der Waals surface area (Å²) in [4.78, 5) is 0. The number of hydrogen-bond acceptors (Lipinski definition) is 3. The SMILES string of the molecule is CC(N)C(Oc1cccc(CO)c1)c1ccccc1Br. The molecule has 0 heterocycles. The highest BCUT2D eigenvalue weighted by atomic mass is 79.9. The Labute approximate surface area is 127 Å². The first-order valence-electron chi connectivity index (χ1n) is 6.48. The van der Waals surface area contributed by atoms with Crippen LogP contribution >= 0.6 is 15.9 Å². The zero-order valence-electron chi connectivity index (χ0n) is 11.3. The quantitative estimate of drug-likeness (QED) is 0.880. The lowest BCUT2D eigenvalue weighted by molar-refractivity contribution is 0.179. The van der Waals surface area contributed by atoms with Gasteiger partial charge in [0.25, 0.3) is 0 Å². The molecule has 0 radical (unpaired) electrons. The molecule has 0 amide bonds. The molecule has 0 saturated carbocycles. The highest BCUT2D eigenvalue weighted by Gasteiger charge is 2.20. The third-order valence-corrected chi connectivity index (χ3v) is 3.76. The Morgan fingerprint density at radius 1 is 1.20 bits per heavy atom. The Bertz CT molecular complexity index is 572. The largest absolute Gasteiger partial charge is 0.484 e. The number of aliphatic hydroxyl groups is 1. The minimum Gasteiger partial charge on any atom is -0.484 e. The van der Waals surface area contributed by atoms with Gasteiger partial charge in [-0.1, -0.05) is 46.3 Å². The van der Waals surface area contributed by atoms with E-state index in [0.717, 1.165) is 15.6 Å². The molecule has 0 aliphatic rings. The van der Waals surface area contributed by atoms with Crippen molar-refractivity contribution in [2.75, 3.05) is 0 Å². The summed E-state index contributed by atoms with van der Waals surface area (Å²) < 4.78 is 6.99. The third kappa shape index (κ3) is 3.60. The van der Waals surface area contributed by atoms with E-state index in [1.165, 1.54) is 0 Å². The fourth-order valence-corrected chi connectivity index (χ4v) is 2.53. The fraction of sp³-hybridized carbons (Fsp3) is 0.250. The first-order chi connectivity index (χ1) is 9.61. The summed E-state index contributed by atoms with van der Waals surface area (Å²) in [6.45, 7) is 1.91. The van der Waals surface area contributed by atoms with Crippen molar-refractivity contribution in [2.24, 2.45) is 5.73 Å². The van der Waals surface area contributed by atoms with E-state index in [1.807, 2.05) is 55.5 Å². The van der Waals surface area contributed by atoms with Gasteiger partial charge in [0.2, 0.25) is 0 Å². The predicted molar refractivity (Wildman–Crippen MR) is 83.5 cm³/mol. The van der Waals surface area contributed by atoms with E-state index < -0.39 is 0 Å². The smallest absolute Gasteiger partial charge is 0.140 e. The van der Waals surface area contributed by atoms with Gasteiger partial charge in [0.05, 0.1) is 6.61 Å². The van der Waals surface area contributed by atoms with Gasteiger partial charge >= 0.3 is 0 Å². The summed E-state index contributed by atoms with van der Waals surface area (Å²) in [6.07, 6.45) is -0.250. The molecule has 3 nitrogen and oxygen atoms in total. The molecule has 0 fully saturated rings. The Morgan fingerprint density at radius 3 is 2.60 bits per heavy atom. The van der Waals surface area contributed by atoms with E-state index in [-0.39, 0.29) is 18.8 Å². The molecule has 0 saturated heterocycles. The van der Waals surface area contributed by atoms with Crippen molar-refractivity contribution >= 4 is 15.9 Å². The lowest BCUT2D eigenvalue weighted by atomic mass is 10.0. The Balaban J connectivity index is 2.28. The van der Waals surface area contributed by atoms with E-state index in [2.05, 4.69) is 15.9 Å². The monoisotopic (exact) mass is 335 g/mol. The third-order valence-electron chi connectivity index (χ3n) is 3.03. The molecule has 0 spiro atoms. The average molecular weight is 336 g/mol. The second kappa shape index (κ2) is 6.88. The van der Waals surface area contributed by atoms with Crippen molar-refractivity contribution in [3.63, 3.8) is 0 Å². The van der Waals surface area contributed by atoms with Gasteiger partial charge in [-0.2, -0.15) is 0 Å². The second-order valence-corrected chi connectivity index (χ2v) is 5.58. The van der Waals surface area contributed by atoms with Crippen LogP contribution in [0.4, 0.5) is 0 Å². The van der Waals surface area contributed by atoms with Crippen molar-refractivity contribution in [1.29, 1.82) is 0 Å². The highest BCUT2D eigenvalue weighted by molar-refractivity contribution is 9.10. The zero-order chi connectivity index (χ0) is 14.5. The molecule has 3 N–H and O–H groups in total. The lowest BCUT2D eigenvalue weighted by Crippen LogP contribution is -2.29. The number of benzene rings is 2. The van der Waals surface area contributed by atoms with Gasteiger partial charge in [-0.3, -0.25) is 0 Å². The van der Waals surface area contributed by atoms with Gasteiger partial charge in [-0.15, -0.1) is 0 Å². The van der Waals surface area contributed by atoms with Crippen LogP contribution in [0.25, 0.3) is 0 Å². The van der Waals surface area contributed by atoms with Crippen molar-refractivity contribution in [2.45, 2.75) is 25.7 Å². The van der Waals surface area contributed by atoms with Gasteiger partial charge in [-0.05, 0) is 30.7 Å². The molecule has 4 heteroatoms. The van der Waals surface area contributed by atoms with Crippen LogP contribution in [0.5, 0.6) is 5.75 Å². The van der Waals surface area contributed by atoms with Crippen LogP contribution in [-0.2, 0) is 6.61 Å². The van der Waals surface area contributed by atoms with E-state index in [4.69, 9.17) is 10.5 Å². The molecule has 2 aromatic carbocycles. The number of nitrogens with two attached hydrogens (primary N) is 1.